The van der Waals surface area contributed by atoms with E-state index in [0.717, 1.165) is 18.7 Å². The molecule has 0 aromatic heterocycles. The number of amides is 1. The van der Waals surface area contributed by atoms with Crippen molar-refractivity contribution in [2.45, 2.75) is 6.42 Å². The number of hydrogen-bond acceptors (Lipinski definition) is 3. The molecule has 0 saturated carbocycles. The second-order valence-corrected chi connectivity index (χ2v) is 4.56. The summed E-state index contributed by atoms with van der Waals surface area (Å²) in [6.07, 6.45) is 3.10. The highest BCUT2D eigenvalue weighted by molar-refractivity contribution is 7.98. The Morgan fingerprint density at radius 3 is 2.71 bits per heavy atom. The Balaban J connectivity index is 2.18. The van der Waals surface area contributed by atoms with E-state index in [9.17, 15) is 9.18 Å². The molecule has 3 nitrogen and oxygen atoms in total. The summed E-state index contributed by atoms with van der Waals surface area (Å²) >= 11 is 1.79. The highest BCUT2D eigenvalue weighted by Gasteiger charge is 2.01. The van der Waals surface area contributed by atoms with Crippen molar-refractivity contribution >= 4 is 23.4 Å². The average Bonchev–Trinajstić information content (AvgIpc) is 2.32. The maximum atomic E-state index is 12.6. The normalized spacial score (nSPS) is 10.2. The van der Waals surface area contributed by atoms with Gasteiger partial charge in [0.1, 0.15) is 5.82 Å². The highest BCUT2D eigenvalue weighted by atomic mass is 32.2. The molecule has 94 valence electrons. The number of anilines is 1. The molecule has 17 heavy (non-hydrogen) atoms. The molecule has 0 bridgehead atoms. The van der Waals surface area contributed by atoms with Crippen molar-refractivity contribution in [3.8, 4) is 0 Å². The molecule has 0 aliphatic carbocycles. The predicted octanol–water partition coefficient (Wildman–Crippen LogP) is 2.11. The molecular weight excluding hydrogens is 239 g/mol. The third-order valence-electron chi connectivity index (χ3n) is 2.12. The van der Waals surface area contributed by atoms with Crippen LogP contribution in [0, 0.1) is 5.82 Å². The van der Waals surface area contributed by atoms with Crippen molar-refractivity contribution in [2.75, 3.05) is 30.4 Å². The molecule has 0 unspecified atom stereocenters. The van der Waals surface area contributed by atoms with Gasteiger partial charge in [0, 0.05) is 5.69 Å². The lowest BCUT2D eigenvalue weighted by Gasteiger charge is -2.06. The van der Waals surface area contributed by atoms with Crippen LogP contribution in [-0.2, 0) is 4.79 Å². The zero-order valence-corrected chi connectivity index (χ0v) is 10.6. The summed E-state index contributed by atoms with van der Waals surface area (Å²) in [5.74, 6) is 0.672. The van der Waals surface area contributed by atoms with Crippen LogP contribution in [0.1, 0.15) is 6.42 Å². The van der Waals surface area contributed by atoms with E-state index in [1.165, 1.54) is 12.1 Å². The minimum Gasteiger partial charge on any atom is -0.325 e. The first-order valence-electron chi connectivity index (χ1n) is 5.47. The van der Waals surface area contributed by atoms with Gasteiger partial charge in [-0.15, -0.1) is 0 Å². The van der Waals surface area contributed by atoms with E-state index in [-0.39, 0.29) is 18.3 Å². The maximum absolute atomic E-state index is 12.6. The van der Waals surface area contributed by atoms with E-state index in [0.29, 0.717) is 5.69 Å². The smallest absolute Gasteiger partial charge is 0.238 e. The number of halogens is 1. The second-order valence-electron chi connectivity index (χ2n) is 3.58. The van der Waals surface area contributed by atoms with Gasteiger partial charge in [-0.1, -0.05) is 0 Å². The summed E-state index contributed by atoms with van der Waals surface area (Å²) in [5, 5.41) is 5.74. The summed E-state index contributed by atoms with van der Waals surface area (Å²) in [6.45, 7) is 1.11. The molecule has 0 aliphatic rings. The summed E-state index contributed by atoms with van der Waals surface area (Å²) in [6, 6.07) is 5.73. The van der Waals surface area contributed by atoms with Crippen molar-refractivity contribution < 1.29 is 9.18 Å². The number of thioether (sulfide) groups is 1. The number of nitrogens with one attached hydrogen (secondary N) is 2. The van der Waals surface area contributed by atoms with Crippen molar-refractivity contribution in [1.29, 1.82) is 0 Å². The second kappa shape index (κ2) is 8.08. The number of benzene rings is 1. The van der Waals surface area contributed by atoms with E-state index in [1.807, 2.05) is 0 Å². The van der Waals surface area contributed by atoms with E-state index in [4.69, 9.17) is 0 Å². The topological polar surface area (TPSA) is 41.1 Å². The van der Waals surface area contributed by atoms with Crippen LogP contribution in [0.2, 0.25) is 0 Å². The zero-order valence-electron chi connectivity index (χ0n) is 9.83. The van der Waals surface area contributed by atoms with Gasteiger partial charge < -0.3 is 10.6 Å². The highest BCUT2D eigenvalue weighted by Crippen LogP contribution is 2.07. The van der Waals surface area contributed by atoms with Gasteiger partial charge in [-0.3, -0.25) is 4.79 Å². The van der Waals surface area contributed by atoms with Crippen molar-refractivity contribution in [1.82, 2.24) is 5.32 Å². The van der Waals surface area contributed by atoms with E-state index < -0.39 is 0 Å². The minimum atomic E-state index is -0.307. The molecular formula is C12H17FN2OS. The summed E-state index contributed by atoms with van der Waals surface area (Å²) in [5.41, 5.74) is 0.613. The Kier molecular flexibility index (Phi) is 6.65. The molecule has 0 radical (unpaired) electrons. The van der Waals surface area contributed by atoms with Crippen LogP contribution in [0.4, 0.5) is 10.1 Å². The maximum Gasteiger partial charge on any atom is 0.238 e. The first-order chi connectivity index (χ1) is 8.22. The van der Waals surface area contributed by atoms with Crippen LogP contribution in [-0.4, -0.2) is 31.0 Å². The molecule has 2 N–H and O–H groups in total. The Labute approximate surface area is 105 Å². The summed E-state index contributed by atoms with van der Waals surface area (Å²) in [7, 11) is 0. The Morgan fingerprint density at radius 2 is 2.06 bits per heavy atom. The standard InChI is InChI=1S/C12H17FN2OS/c1-17-8-2-7-14-9-12(16)15-11-5-3-10(13)4-6-11/h3-6,14H,2,7-9H2,1H3,(H,15,16). The van der Waals surface area contributed by atoms with Crippen LogP contribution >= 0.6 is 11.8 Å². The number of rotatable bonds is 7. The van der Waals surface area contributed by atoms with Crippen LogP contribution < -0.4 is 10.6 Å². The van der Waals surface area contributed by atoms with Crippen molar-refractivity contribution in [2.24, 2.45) is 0 Å². The number of carbonyl (C=O) groups excluding carboxylic acids is 1. The fourth-order valence-electron chi connectivity index (χ4n) is 1.28. The van der Waals surface area contributed by atoms with Crippen molar-refractivity contribution in [3.63, 3.8) is 0 Å². The van der Waals surface area contributed by atoms with Gasteiger partial charge in [-0.05, 0) is 49.2 Å². The summed E-state index contributed by atoms with van der Waals surface area (Å²) in [4.78, 5) is 11.5. The molecule has 0 saturated heterocycles. The fourth-order valence-corrected chi connectivity index (χ4v) is 1.71. The minimum absolute atomic E-state index is 0.110. The zero-order chi connectivity index (χ0) is 12.5. The Morgan fingerprint density at radius 1 is 1.35 bits per heavy atom. The van der Waals surface area contributed by atoms with Gasteiger partial charge >= 0.3 is 0 Å². The molecule has 1 aromatic carbocycles. The quantitative estimate of drug-likeness (QED) is 0.734. The third kappa shape index (κ3) is 6.28. The molecule has 0 fully saturated rings. The van der Waals surface area contributed by atoms with Gasteiger partial charge in [0.15, 0.2) is 0 Å². The van der Waals surface area contributed by atoms with E-state index in [2.05, 4.69) is 16.9 Å². The Bertz CT molecular complexity index is 343. The third-order valence-corrected chi connectivity index (χ3v) is 2.81. The fraction of sp³-hybridized carbons (Fsp3) is 0.417. The Hall–Kier alpha value is -1.07. The molecule has 0 spiro atoms. The lowest BCUT2D eigenvalue weighted by molar-refractivity contribution is -0.115. The van der Waals surface area contributed by atoms with Gasteiger partial charge in [0.2, 0.25) is 5.91 Å². The molecule has 1 rings (SSSR count). The van der Waals surface area contributed by atoms with Gasteiger partial charge in [0.25, 0.3) is 0 Å². The SMILES string of the molecule is CSCCCNCC(=O)Nc1ccc(F)cc1. The molecule has 5 heteroatoms. The van der Waals surface area contributed by atoms with E-state index >= 15 is 0 Å². The average molecular weight is 256 g/mol. The largest absolute Gasteiger partial charge is 0.325 e. The lowest BCUT2D eigenvalue weighted by atomic mass is 10.3. The van der Waals surface area contributed by atoms with Crippen LogP contribution in [0.5, 0.6) is 0 Å². The van der Waals surface area contributed by atoms with Gasteiger partial charge in [0.05, 0.1) is 6.54 Å². The van der Waals surface area contributed by atoms with Crippen LogP contribution in [0.3, 0.4) is 0 Å². The van der Waals surface area contributed by atoms with Crippen LogP contribution in [0.25, 0.3) is 0 Å². The van der Waals surface area contributed by atoms with Gasteiger partial charge in [-0.2, -0.15) is 11.8 Å². The van der Waals surface area contributed by atoms with Gasteiger partial charge in [-0.25, -0.2) is 4.39 Å². The lowest BCUT2D eigenvalue weighted by Crippen LogP contribution is -2.28. The molecule has 0 aliphatic heterocycles. The van der Waals surface area contributed by atoms with E-state index in [1.54, 1.807) is 23.9 Å². The molecule has 1 aromatic rings. The first kappa shape index (κ1) is 14.0. The predicted molar refractivity (Wildman–Crippen MR) is 70.9 cm³/mol. The number of carbonyl (C=O) groups is 1. The summed E-state index contributed by atoms with van der Waals surface area (Å²) < 4.78 is 12.6. The molecule has 1 amide bonds. The monoisotopic (exact) mass is 256 g/mol. The number of hydrogen-bond donors (Lipinski definition) is 2. The molecule has 0 atom stereocenters. The van der Waals surface area contributed by atoms with Crippen molar-refractivity contribution in [3.05, 3.63) is 30.1 Å². The first-order valence-corrected chi connectivity index (χ1v) is 6.87. The van der Waals surface area contributed by atoms with Crippen LogP contribution in [0.15, 0.2) is 24.3 Å². The molecule has 0 heterocycles.